The Morgan fingerprint density at radius 2 is 2.00 bits per heavy atom. The molecule has 1 saturated heterocycles. The summed E-state index contributed by atoms with van der Waals surface area (Å²) in [5, 5.41) is 13.1. The molecule has 2 aromatic rings. The Labute approximate surface area is 144 Å². The van der Waals surface area contributed by atoms with Crippen LogP contribution in [0.4, 0.5) is 0 Å². The van der Waals surface area contributed by atoms with Crippen LogP contribution in [-0.4, -0.2) is 52.3 Å². The molecule has 1 amide bonds. The van der Waals surface area contributed by atoms with Gasteiger partial charge in [0.1, 0.15) is 13.2 Å². The van der Waals surface area contributed by atoms with Gasteiger partial charge in [-0.15, -0.1) is 0 Å². The Kier molecular flexibility index (Phi) is 4.74. The molecule has 2 heterocycles. The van der Waals surface area contributed by atoms with Crippen LogP contribution in [0.5, 0.6) is 0 Å². The predicted molar refractivity (Wildman–Crippen MR) is 91.2 cm³/mol. The van der Waals surface area contributed by atoms with Crippen LogP contribution >= 0.6 is 0 Å². The van der Waals surface area contributed by atoms with Crippen molar-refractivity contribution in [2.45, 2.75) is 12.5 Å². The van der Waals surface area contributed by atoms with Crippen LogP contribution in [-0.2, 0) is 9.63 Å². The van der Waals surface area contributed by atoms with Gasteiger partial charge in [0.2, 0.25) is 0 Å². The summed E-state index contributed by atoms with van der Waals surface area (Å²) in [4.78, 5) is 34.4. The summed E-state index contributed by atoms with van der Waals surface area (Å²) in [5.41, 5.74) is 2.65. The van der Waals surface area contributed by atoms with E-state index in [1.807, 2.05) is 18.2 Å². The lowest BCUT2D eigenvalue weighted by Crippen LogP contribution is -2.40. The van der Waals surface area contributed by atoms with Crippen LogP contribution in [0.3, 0.4) is 0 Å². The van der Waals surface area contributed by atoms with E-state index in [1.165, 1.54) is 12.0 Å². The molecule has 0 spiro atoms. The lowest BCUT2D eigenvalue weighted by Gasteiger charge is -2.20. The molecule has 0 aliphatic carbocycles. The molecule has 7 heteroatoms. The van der Waals surface area contributed by atoms with Crippen LogP contribution in [0.25, 0.3) is 11.3 Å². The van der Waals surface area contributed by atoms with Gasteiger partial charge in [0.15, 0.2) is 0 Å². The molecule has 1 N–H and O–H groups in total. The molecule has 0 radical (unpaired) electrons. The smallest absolute Gasteiger partial charge is 0.326 e. The maximum absolute atomic E-state index is 12.7. The van der Waals surface area contributed by atoms with Crippen LogP contribution < -0.4 is 0 Å². The summed E-state index contributed by atoms with van der Waals surface area (Å²) >= 11 is 0. The highest BCUT2D eigenvalue weighted by Crippen LogP contribution is 2.22. The second-order valence-electron chi connectivity index (χ2n) is 5.62. The maximum Gasteiger partial charge on any atom is 0.326 e. The number of carboxylic acids is 1. The fraction of sp³-hybridized carbons (Fsp3) is 0.222. The monoisotopic (exact) mass is 339 g/mol. The molecule has 3 rings (SSSR count). The number of amides is 1. The average molecular weight is 339 g/mol. The molecule has 1 atom stereocenters. The number of aliphatic carboxylic acids is 1. The molecule has 1 aliphatic heterocycles. The van der Waals surface area contributed by atoms with Gasteiger partial charge in [0, 0.05) is 23.7 Å². The molecule has 0 bridgehead atoms. The first-order valence-electron chi connectivity index (χ1n) is 7.74. The van der Waals surface area contributed by atoms with E-state index in [2.05, 4.69) is 10.1 Å². The standard InChI is InChI=1S/C18H17N3O4/c1-25-20-14-10-16(18(23)24)21(11-14)17(22)13-7-5-12(6-8-13)15-4-2-3-9-19-15/h2-9,16H,10-11H2,1H3,(H,23,24)/b20-14+/t16-/m0/s1. The number of rotatable bonds is 4. The van der Waals surface area contributed by atoms with E-state index in [0.29, 0.717) is 11.3 Å². The molecule has 25 heavy (non-hydrogen) atoms. The molecular weight excluding hydrogens is 322 g/mol. The van der Waals surface area contributed by atoms with Crippen molar-refractivity contribution in [3.05, 3.63) is 54.2 Å². The van der Waals surface area contributed by atoms with Crippen molar-refractivity contribution < 1.29 is 19.5 Å². The molecular formula is C18H17N3O4. The molecule has 0 unspecified atom stereocenters. The fourth-order valence-corrected chi connectivity index (χ4v) is 2.82. The van der Waals surface area contributed by atoms with Crippen LogP contribution in [0.15, 0.2) is 53.8 Å². The summed E-state index contributed by atoms with van der Waals surface area (Å²) in [6.07, 6.45) is 1.87. The fourth-order valence-electron chi connectivity index (χ4n) is 2.82. The minimum Gasteiger partial charge on any atom is -0.480 e. The summed E-state index contributed by atoms with van der Waals surface area (Å²) < 4.78 is 0. The molecule has 1 aromatic heterocycles. The van der Waals surface area contributed by atoms with E-state index in [0.717, 1.165) is 11.3 Å². The Hall–Kier alpha value is -3.22. The predicted octanol–water partition coefficient (Wildman–Crippen LogP) is 2.05. The third kappa shape index (κ3) is 3.50. The van der Waals surface area contributed by atoms with E-state index < -0.39 is 12.0 Å². The van der Waals surface area contributed by atoms with Gasteiger partial charge in [-0.05, 0) is 24.3 Å². The van der Waals surface area contributed by atoms with Gasteiger partial charge in [0.25, 0.3) is 5.91 Å². The molecule has 0 saturated carbocycles. The Balaban J connectivity index is 1.82. The number of aromatic nitrogens is 1. The van der Waals surface area contributed by atoms with Gasteiger partial charge in [-0.3, -0.25) is 9.78 Å². The first kappa shape index (κ1) is 16.6. The lowest BCUT2D eigenvalue weighted by molar-refractivity contribution is -0.141. The van der Waals surface area contributed by atoms with E-state index in [1.54, 1.807) is 30.5 Å². The van der Waals surface area contributed by atoms with Crippen molar-refractivity contribution in [3.8, 4) is 11.3 Å². The van der Waals surface area contributed by atoms with Crippen molar-refractivity contribution in [1.82, 2.24) is 9.88 Å². The summed E-state index contributed by atoms with van der Waals surface area (Å²) in [7, 11) is 1.39. The zero-order chi connectivity index (χ0) is 17.8. The number of nitrogens with zero attached hydrogens (tertiary/aromatic N) is 3. The molecule has 1 fully saturated rings. The molecule has 128 valence electrons. The number of carbonyl (C=O) groups is 2. The van der Waals surface area contributed by atoms with Crippen LogP contribution in [0.2, 0.25) is 0 Å². The van der Waals surface area contributed by atoms with E-state index in [-0.39, 0.29) is 18.9 Å². The van der Waals surface area contributed by atoms with Crippen molar-refractivity contribution in [2.75, 3.05) is 13.7 Å². The number of pyridine rings is 1. The summed E-state index contributed by atoms with van der Waals surface area (Å²) in [5.74, 6) is -1.40. The number of carboxylic acid groups (broad SMARTS) is 1. The summed E-state index contributed by atoms with van der Waals surface area (Å²) in [6, 6.07) is 11.6. The first-order chi connectivity index (χ1) is 12.1. The van der Waals surface area contributed by atoms with Gasteiger partial charge in [-0.2, -0.15) is 0 Å². The maximum atomic E-state index is 12.7. The summed E-state index contributed by atoms with van der Waals surface area (Å²) in [6.45, 7) is 0.144. The topological polar surface area (TPSA) is 92.1 Å². The Morgan fingerprint density at radius 3 is 2.60 bits per heavy atom. The SMILES string of the molecule is CO/N=C1\C[C@@H](C(=O)O)N(C(=O)c2ccc(-c3ccccn3)cc2)C1. The highest BCUT2D eigenvalue weighted by molar-refractivity contribution is 6.04. The second-order valence-corrected chi connectivity index (χ2v) is 5.62. The number of likely N-dealkylation sites (tertiary alicyclic amines) is 1. The van der Waals surface area contributed by atoms with Crippen molar-refractivity contribution in [1.29, 1.82) is 0 Å². The second kappa shape index (κ2) is 7.12. The molecule has 1 aliphatic rings. The highest BCUT2D eigenvalue weighted by atomic mass is 16.6. The first-order valence-corrected chi connectivity index (χ1v) is 7.74. The normalized spacial score (nSPS) is 18.4. The van der Waals surface area contributed by atoms with Gasteiger partial charge in [-0.1, -0.05) is 23.4 Å². The average Bonchev–Trinajstić information content (AvgIpc) is 3.07. The molecule has 7 nitrogen and oxygen atoms in total. The number of benzene rings is 1. The van der Waals surface area contributed by atoms with Gasteiger partial charge >= 0.3 is 5.97 Å². The van der Waals surface area contributed by atoms with Gasteiger partial charge in [-0.25, -0.2) is 4.79 Å². The largest absolute Gasteiger partial charge is 0.480 e. The van der Waals surface area contributed by atoms with E-state index in [4.69, 9.17) is 4.84 Å². The lowest BCUT2D eigenvalue weighted by atomic mass is 10.1. The third-order valence-corrected chi connectivity index (χ3v) is 4.02. The number of oxime groups is 1. The quantitative estimate of drug-likeness (QED) is 0.861. The molecule has 1 aromatic carbocycles. The van der Waals surface area contributed by atoms with E-state index >= 15 is 0 Å². The van der Waals surface area contributed by atoms with Gasteiger partial charge < -0.3 is 14.8 Å². The zero-order valence-electron chi connectivity index (χ0n) is 13.6. The minimum absolute atomic E-state index is 0.144. The van der Waals surface area contributed by atoms with Gasteiger partial charge in [0.05, 0.1) is 18.0 Å². The Morgan fingerprint density at radius 1 is 1.24 bits per heavy atom. The number of carbonyl (C=O) groups excluding carboxylic acids is 1. The zero-order valence-corrected chi connectivity index (χ0v) is 13.6. The third-order valence-electron chi connectivity index (χ3n) is 4.02. The Bertz CT molecular complexity index is 803. The van der Waals surface area contributed by atoms with Crippen molar-refractivity contribution >= 4 is 17.6 Å². The number of hydrogen-bond donors (Lipinski definition) is 1. The van der Waals surface area contributed by atoms with Crippen LogP contribution in [0.1, 0.15) is 16.8 Å². The number of hydrogen-bond acceptors (Lipinski definition) is 5. The van der Waals surface area contributed by atoms with Crippen molar-refractivity contribution in [3.63, 3.8) is 0 Å². The van der Waals surface area contributed by atoms with Crippen molar-refractivity contribution in [2.24, 2.45) is 5.16 Å². The minimum atomic E-state index is -1.06. The van der Waals surface area contributed by atoms with Crippen LogP contribution in [0, 0.1) is 0 Å². The van der Waals surface area contributed by atoms with E-state index in [9.17, 15) is 14.7 Å². The highest BCUT2D eigenvalue weighted by Gasteiger charge is 2.38.